The van der Waals surface area contributed by atoms with Crippen molar-refractivity contribution in [2.75, 3.05) is 0 Å². The lowest BCUT2D eigenvalue weighted by Crippen LogP contribution is -2.08. The number of nitrogens with one attached hydrogen (secondary N) is 1. The summed E-state index contributed by atoms with van der Waals surface area (Å²) in [5, 5.41) is 0. The Morgan fingerprint density at radius 3 is 2.42 bits per heavy atom. The van der Waals surface area contributed by atoms with Crippen molar-refractivity contribution < 1.29 is 4.84 Å². The van der Waals surface area contributed by atoms with Crippen LogP contribution in [0.2, 0.25) is 0 Å². The molecule has 2 heterocycles. The lowest BCUT2D eigenvalue weighted by Gasteiger charge is -2.07. The number of nitrogens with zero attached hydrogens (tertiary/aromatic N) is 1. The number of pyridine rings is 1. The number of rotatable bonds is 2. The van der Waals surface area contributed by atoms with Crippen LogP contribution in [0, 0.1) is 13.8 Å². The van der Waals surface area contributed by atoms with Gasteiger partial charge in [0.05, 0.1) is 5.70 Å². The Morgan fingerprint density at radius 1 is 1.05 bits per heavy atom. The molecule has 96 valence electrons. The van der Waals surface area contributed by atoms with Crippen LogP contribution in [0.15, 0.2) is 48.5 Å². The molecule has 0 radical (unpaired) electrons. The second kappa shape index (κ2) is 4.86. The molecule has 2 aromatic rings. The number of aromatic nitrogens is 1. The minimum absolute atomic E-state index is 0.0371. The summed E-state index contributed by atoms with van der Waals surface area (Å²) in [7, 11) is 0. The van der Waals surface area contributed by atoms with Crippen molar-refractivity contribution in [3.63, 3.8) is 0 Å². The first-order valence-corrected chi connectivity index (χ1v) is 6.36. The van der Waals surface area contributed by atoms with Crippen molar-refractivity contribution in [3.05, 3.63) is 71.1 Å². The summed E-state index contributed by atoms with van der Waals surface area (Å²) in [6.45, 7) is 4.00. The van der Waals surface area contributed by atoms with Gasteiger partial charge < -0.3 is 0 Å². The quantitative estimate of drug-likeness (QED) is 0.890. The Hall–Kier alpha value is -2.13. The minimum Gasteiger partial charge on any atom is -0.266 e. The van der Waals surface area contributed by atoms with Crippen LogP contribution in [0.1, 0.15) is 28.6 Å². The lowest BCUT2D eigenvalue weighted by molar-refractivity contribution is 0.0511. The summed E-state index contributed by atoms with van der Waals surface area (Å²) < 4.78 is 0. The van der Waals surface area contributed by atoms with Gasteiger partial charge in [0, 0.05) is 17.0 Å². The topological polar surface area (TPSA) is 34.1 Å². The van der Waals surface area contributed by atoms with E-state index in [1.54, 1.807) is 0 Å². The second-order valence-electron chi connectivity index (χ2n) is 4.77. The summed E-state index contributed by atoms with van der Waals surface area (Å²) in [4.78, 5) is 10.0. The van der Waals surface area contributed by atoms with E-state index in [0.717, 1.165) is 28.2 Å². The summed E-state index contributed by atoms with van der Waals surface area (Å²) in [5.41, 5.74) is 8.30. The molecule has 19 heavy (non-hydrogen) atoms. The number of hydroxylamine groups is 1. The molecule has 0 aliphatic carbocycles. The third-order valence-corrected chi connectivity index (χ3v) is 3.13. The molecule has 3 nitrogen and oxygen atoms in total. The molecule has 3 heteroatoms. The molecule has 1 atom stereocenters. The largest absolute Gasteiger partial charge is 0.266 e. The number of aryl methyl sites for hydroxylation is 2. The van der Waals surface area contributed by atoms with Crippen LogP contribution in [-0.4, -0.2) is 4.98 Å². The molecular weight excluding hydrogens is 236 g/mol. The van der Waals surface area contributed by atoms with Crippen molar-refractivity contribution >= 4 is 5.70 Å². The molecule has 1 unspecified atom stereocenters. The molecule has 0 saturated heterocycles. The second-order valence-corrected chi connectivity index (χ2v) is 4.77. The Morgan fingerprint density at radius 2 is 1.74 bits per heavy atom. The molecule has 0 amide bonds. The van der Waals surface area contributed by atoms with Crippen LogP contribution < -0.4 is 5.48 Å². The van der Waals surface area contributed by atoms with E-state index in [2.05, 4.69) is 40.8 Å². The molecule has 1 aromatic carbocycles. The fourth-order valence-corrected chi connectivity index (χ4v) is 2.30. The third kappa shape index (κ3) is 2.51. The van der Waals surface area contributed by atoms with Crippen LogP contribution >= 0.6 is 0 Å². The summed E-state index contributed by atoms with van der Waals surface area (Å²) in [5.74, 6) is 0. The minimum atomic E-state index is -0.0371. The van der Waals surface area contributed by atoms with Gasteiger partial charge in [-0.1, -0.05) is 30.3 Å². The molecule has 3 rings (SSSR count). The van der Waals surface area contributed by atoms with Gasteiger partial charge in [0.1, 0.15) is 6.10 Å². The Balaban J connectivity index is 1.91. The van der Waals surface area contributed by atoms with Crippen molar-refractivity contribution in [3.8, 4) is 0 Å². The van der Waals surface area contributed by atoms with Crippen molar-refractivity contribution in [1.82, 2.24) is 10.5 Å². The average Bonchev–Trinajstić information content (AvgIpc) is 2.88. The maximum atomic E-state index is 5.62. The monoisotopic (exact) mass is 252 g/mol. The summed E-state index contributed by atoms with van der Waals surface area (Å²) in [6.07, 6.45) is 2.06. The SMILES string of the molecule is Cc1cc(C2=CC(c3ccccc3)ON2)cc(C)n1. The Bertz CT molecular complexity index is 600. The fraction of sp³-hybridized carbons (Fsp3) is 0.188. The number of benzene rings is 1. The smallest absolute Gasteiger partial charge is 0.131 e. The van der Waals surface area contributed by atoms with Gasteiger partial charge in [-0.2, -0.15) is 0 Å². The summed E-state index contributed by atoms with van der Waals surface area (Å²) >= 11 is 0. The maximum absolute atomic E-state index is 5.62. The molecule has 0 fully saturated rings. The van der Waals surface area contributed by atoms with Crippen LogP contribution in [0.25, 0.3) is 5.70 Å². The molecule has 1 aliphatic rings. The van der Waals surface area contributed by atoms with Gasteiger partial charge in [-0.15, -0.1) is 0 Å². The fourth-order valence-electron chi connectivity index (χ4n) is 2.30. The Labute approximate surface area is 112 Å². The normalized spacial score (nSPS) is 18.0. The van der Waals surface area contributed by atoms with E-state index in [-0.39, 0.29) is 6.10 Å². The zero-order valence-corrected chi connectivity index (χ0v) is 11.1. The predicted octanol–water partition coefficient (Wildman–Crippen LogP) is 3.32. The number of hydrogen-bond donors (Lipinski definition) is 1. The van der Waals surface area contributed by atoms with Gasteiger partial charge >= 0.3 is 0 Å². The van der Waals surface area contributed by atoms with Gasteiger partial charge in [-0.3, -0.25) is 15.3 Å². The van der Waals surface area contributed by atoms with E-state index in [4.69, 9.17) is 4.84 Å². The molecule has 0 spiro atoms. The zero-order valence-electron chi connectivity index (χ0n) is 11.1. The van der Waals surface area contributed by atoms with Crippen molar-refractivity contribution in [2.45, 2.75) is 20.0 Å². The molecular formula is C16H16N2O. The van der Waals surface area contributed by atoms with Gasteiger partial charge in [0.15, 0.2) is 0 Å². The molecule has 1 N–H and O–H groups in total. The molecule has 0 saturated carbocycles. The first kappa shape index (κ1) is 11.9. The zero-order chi connectivity index (χ0) is 13.2. The Kier molecular flexibility index (Phi) is 3.05. The number of hydrogen-bond acceptors (Lipinski definition) is 3. The standard InChI is InChI=1S/C16H16N2O/c1-11-8-14(9-12(2)17-11)15-10-16(19-18-15)13-6-4-3-5-7-13/h3-10,16,18H,1-2H3. The van der Waals surface area contributed by atoms with Crippen molar-refractivity contribution in [2.24, 2.45) is 0 Å². The van der Waals surface area contributed by atoms with Crippen LogP contribution in [0.5, 0.6) is 0 Å². The molecule has 0 bridgehead atoms. The highest BCUT2D eigenvalue weighted by Gasteiger charge is 2.19. The van der Waals surface area contributed by atoms with Gasteiger partial charge in [-0.25, -0.2) is 0 Å². The van der Waals surface area contributed by atoms with Crippen molar-refractivity contribution in [1.29, 1.82) is 0 Å². The highest BCUT2D eigenvalue weighted by molar-refractivity contribution is 5.65. The van der Waals surface area contributed by atoms with Gasteiger partial charge in [-0.05, 0) is 37.6 Å². The lowest BCUT2D eigenvalue weighted by atomic mass is 10.1. The van der Waals surface area contributed by atoms with E-state index in [0.29, 0.717) is 0 Å². The highest BCUT2D eigenvalue weighted by atomic mass is 16.7. The average molecular weight is 252 g/mol. The molecule has 1 aromatic heterocycles. The first-order chi connectivity index (χ1) is 9.22. The van der Waals surface area contributed by atoms with Crippen LogP contribution in [0.3, 0.4) is 0 Å². The van der Waals surface area contributed by atoms with E-state index >= 15 is 0 Å². The first-order valence-electron chi connectivity index (χ1n) is 6.36. The van der Waals surface area contributed by atoms with Crippen LogP contribution in [0.4, 0.5) is 0 Å². The van der Waals surface area contributed by atoms with Gasteiger partial charge in [0.2, 0.25) is 0 Å². The predicted molar refractivity (Wildman–Crippen MR) is 75.1 cm³/mol. The molecule has 1 aliphatic heterocycles. The van der Waals surface area contributed by atoms with E-state index in [1.807, 2.05) is 32.0 Å². The van der Waals surface area contributed by atoms with E-state index < -0.39 is 0 Å². The maximum Gasteiger partial charge on any atom is 0.131 e. The van der Waals surface area contributed by atoms with Crippen LogP contribution in [-0.2, 0) is 4.84 Å². The third-order valence-electron chi connectivity index (χ3n) is 3.13. The van der Waals surface area contributed by atoms with E-state index in [9.17, 15) is 0 Å². The van der Waals surface area contributed by atoms with E-state index in [1.165, 1.54) is 0 Å². The highest BCUT2D eigenvalue weighted by Crippen LogP contribution is 2.28. The summed E-state index contributed by atoms with van der Waals surface area (Å²) in [6, 6.07) is 14.3. The van der Waals surface area contributed by atoms with Gasteiger partial charge in [0.25, 0.3) is 0 Å².